The Morgan fingerprint density at radius 1 is 1.05 bits per heavy atom. The molecule has 0 saturated carbocycles. The van der Waals surface area contributed by atoms with E-state index in [0.29, 0.717) is 0 Å². The van der Waals surface area contributed by atoms with Crippen LogP contribution in [0.2, 0.25) is 5.02 Å². The number of thiazole rings is 1. The third-order valence-corrected chi connectivity index (χ3v) is 4.71. The van der Waals surface area contributed by atoms with E-state index in [2.05, 4.69) is 20.8 Å². The quantitative estimate of drug-likeness (QED) is 0.852. The molecule has 0 bridgehead atoms. The lowest BCUT2D eigenvalue weighted by molar-refractivity contribution is 0.512. The second-order valence-electron chi connectivity index (χ2n) is 6.68. The molecule has 0 fully saturated rings. The number of nitrogens with two attached hydrogens (primary N) is 1. The second kappa shape index (κ2) is 5.14. The van der Waals surface area contributed by atoms with Crippen LogP contribution >= 0.6 is 22.9 Å². The molecule has 0 amide bonds. The average Bonchev–Trinajstić information content (AvgIpc) is 2.74. The molecule has 0 atom stereocenters. The summed E-state index contributed by atoms with van der Waals surface area (Å²) in [4.78, 5) is 5.99. The molecule has 1 heterocycles. The third kappa shape index (κ3) is 3.22. The molecular weight excluding hydrogens is 288 g/mol. The van der Waals surface area contributed by atoms with Crippen molar-refractivity contribution in [2.24, 2.45) is 5.73 Å². The van der Waals surface area contributed by atoms with Crippen molar-refractivity contribution in [2.45, 2.75) is 45.6 Å². The third-order valence-electron chi connectivity index (χ3n) is 3.01. The van der Waals surface area contributed by atoms with E-state index in [9.17, 15) is 0 Å². The van der Waals surface area contributed by atoms with Crippen LogP contribution in [0.25, 0.3) is 10.6 Å². The fraction of sp³-hybridized carbons (Fsp3) is 0.438. The summed E-state index contributed by atoms with van der Waals surface area (Å²) in [6.07, 6.45) is 0. The zero-order valence-electron chi connectivity index (χ0n) is 12.6. The van der Waals surface area contributed by atoms with Crippen LogP contribution in [0.3, 0.4) is 0 Å². The molecule has 0 radical (unpaired) electrons. The number of rotatable bonds is 2. The lowest BCUT2D eigenvalue weighted by Crippen LogP contribution is -2.31. The first-order valence-corrected chi connectivity index (χ1v) is 7.85. The average molecular weight is 309 g/mol. The van der Waals surface area contributed by atoms with Gasteiger partial charge in [0.2, 0.25) is 0 Å². The van der Waals surface area contributed by atoms with Crippen LogP contribution in [-0.2, 0) is 11.0 Å². The van der Waals surface area contributed by atoms with Gasteiger partial charge in [-0.3, -0.25) is 0 Å². The highest BCUT2D eigenvalue weighted by Gasteiger charge is 2.30. The van der Waals surface area contributed by atoms with Crippen molar-refractivity contribution in [3.05, 3.63) is 39.9 Å². The SMILES string of the molecule is CC(C)(C)c1nc(-c2ccc(Cl)cc2)sc1C(C)(C)N. The summed E-state index contributed by atoms with van der Waals surface area (Å²) >= 11 is 7.62. The molecule has 1 aromatic carbocycles. The molecule has 2 nitrogen and oxygen atoms in total. The number of halogens is 1. The van der Waals surface area contributed by atoms with Crippen LogP contribution in [0.1, 0.15) is 45.2 Å². The molecule has 2 rings (SSSR count). The number of hydrogen-bond donors (Lipinski definition) is 1. The zero-order chi connectivity index (χ0) is 15.1. The summed E-state index contributed by atoms with van der Waals surface area (Å²) in [6.45, 7) is 10.6. The van der Waals surface area contributed by atoms with Crippen LogP contribution in [0.15, 0.2) is 24.3 Å². The second-order valence-corrected chi connectivity index (χ2v) is 8.11. The first-order valence-electron chi connectivity index (χ1n) is 6.65. The predicted octanol–water partition coefficient (Wildman–Crippen LogP) is 4.95. The molecule has 0 saturated heterocycles. The summed E-state index contributed by atoms with van der Waals surface area (Å²) in [6, 6.07) is 7.78. The first kappa shape index (κ1) is 15.5. The Balaban J connectivity index is 2.57. The topological polar surface area (TPSA) is 38.9 Å². The van der Waals surface area contributed by atoms with E-state index >= 15 is 0 Å². The summed E-state index contributed by atoms with van der Waals surface area (Å²) in [5.74, 6) is 0. The lowest BCUT2D eigenvalue weighted by atomic mass is 9.87. The van der Waals surface area contributed by atoms with E-state index < -0.39 is 0 Å². The Morgan fingerprint density at radius 2 is 1.60 bits per heavy atom. The van der Waals surface area contributed by atoms with Gasteiger partial charge in [-0.1, -0.05) is 44.5 Å². The Kier molecular flexibility index (Phi) is 3.98. The maximum atomic E-state index is 6.32. The predicted molar refractivity (Wildman–Crippen MR) is 88.5 cm³/mol. The molecule has 0 aliphatic heterocycles. The van der Waals surface area contributed by atoms with Gasteiger partial charge in [0.05, 0.1) is 5.69 Å². The lowest BCUT2D eigenvalue weighted by Gasteiger charge is -2.24. The molecule has 0 spiro atoms. The monoisotopic (exact) mass is 308 g/mol. The van der Waals surface area contributed by atoms with E-state index in [4.69, 9.17) is 22.3 Å². The van der Waals surface area contributed by atoms with Gasteiger partial charge in [0, 0.05) is 26.4 Å². The van der Waals surface area contributed by atoms with Gasteiger partial charge in [0.25, 0.3) is 0 Å². The highest BCUT2D eigenvalue weighted by molar-refractivity contribution is 7.15. The first-order chi connectivity index (χ1) is 9.09. The van der Waals surface area contributed by atoms with Gasteiger partial charge >= 0.3 is 0 Å². The normalized spacial score (nSPS) is 12.8. The fourth-order valence-corrected chi connectivity index (χ4v) is 3.40. The number of hydrogen-bond acceptors (Lipinski definition) is 3. The van der Waals surface area contributed by atoms with E-state index in [1.807, 2.05) is 38.1 Å². The van der Waals surface area contributed by atoms with Gasteiger partial charge < -0.3 is 5.73 Å². The van der Waals surface area contributed by atoms with Crippen LogP contribution in [0.4, 0.5) is 0 Å². The Hall–Kier alpha value is -0.900. The van der Waals surface area contributed by atoms with Crippen molar-refractivity contribution >= 4 is 22.9 Å². The maximum Gasteiger partial charge on any atom is 0.123 e. The van der Waals surface area contributed by atoms with Gasteiger partial charge in [-0.25, -0.2) is 4.98 Å². The van der Waals surface area contributed by atoms with Gasteiger partial charge in [-0.15, -0.1) is 11.3 Å². The number of benzene rings is 1. The van der Waals surface area contributed by atoms with Gasteiger partial charge in [-0.2, -0.15) is 0 Å². The van der Waals surface area contributed by atoms with Crippen LogP contribution in [-0.4, -0.2) is 4.98 Å². The Bertz CT molecular complexity index is 569. The minimum Gasteiger partial charge on any atom is -0.321 e. The van der Waals surface area contributed by atoms with Crippen LogP contribution in [0, 0.1) is 0 Å². The van der Waals surface area contributed by atoms with Gasteiger partial charge in [0.1, 0.15) is 5.01 Å². The summed E-state index contributed by atoms with van der Waals surface area (Å²) in [5, 5.41) is 1.74. The summed E-state index contributed by atoms with van der Waals surface area (Å²) in [5.41, 5.74) is 8.08. The molecule has 108 valence electrons. The molecule has 0 aliphatic rings. The molecular formula is C16H21ClN2S. The standard InChI is InChI=1S/C16H21ClN2S/c1-15(2,3)12-13(16(4,5)18)20-14(19-12)10-6-8-11(17)9-7-10/h6-9H,18H2,1-5H3. The van der Waals surface area contributed by atoms with Crippen molar-refractivity contribution in [1.82, 2.24) is 4.98 Å². The van der Waals surface area contributed by atoms with E-state index in [0.717, 1.165) is 26.2 Å². The molecule has 2 aromatic rings. The highest BCUT2D eigenvalue weighted by Crippen LogP contribution is 2.39. The van der Waals surface area contributed by atoms with Crippen molar-refractivity contribution in [3.63, 3.8) is 0 Å². The maximum absolute atomic E-state index is 6.32. The van der Waals surface area contributed by atoms with Crippen molar-refractivity contribution in [3.8, 4) is 10.6 Å². The number of nitrogens with zero attached hydrogens (tertiary/aromatic N) is 1. The molecule has 0 aliphatic carbocycles. The Labute approximate surface area is 130 Å². The van der Waals surface area contributed by atoms with Crippen molar-refractivity contribution < 1.29 is 0 Å². The smallest absolute Gasteiger partial charge is 0.123 e. The number of aromatic nitrogens is 1. The van der Waals surface area contributed by atoms with Crippen molar-refractivity contribution in [2.75, 3.05) is 0 Å². The van der Waals surface area contributed by atoms with E-state index in [1.165, 1.54) is 0 Å². The minimum absolute atomic E-state index is 0.0207. The largest absolute Gasteiger partial charge is 0.321 e. The Morgan fingerprint density at radius 3 is 2.00 bits per heavy atom. The van der Waals surface area contributed by atoms with Crippen molar-refractivity contribution in [1.29, 1.82) is 0 Å². The molecule has 1 aromatic heterocycles. The summed E-state index contributed by atoms with van der Waals surface area (Å²) in [7, 11) is 0. The molecule has 4 heteroatoms. The minimum atomic E-state index is -0.384. The molecule has 2 N–H and O–H groups in total. The highest BCUT2D eigenvalue weighted by atomic mass is 35.5. The van der Waals surface area contributed by atoms with Gasteiger partial charge in [-0.05, 0) is 26.0 Å². The molecule has 0 unspecified atom stereocenters. The van der Waals surface area contributed by atoms with Crippen LogP contribution < -0.4 is 5.73 Å². The fourth-order valence-electron chi connectivity index (χ4n) is 1.98. The summed E-state index contributed by atoms with van der Waals surface area (Å²) < 4.78 is 0. The molecule has 20 heavy (non-hydrogen) atoms. The van der Waals surface area contributed by atoms with Crippen LogP contribution in [0.5, 0.6) is 0 Å². The van der Waals surface area contributed by atoms with E-state index in [-0.39, 0.29) is 11.0 Å². The van der Waals surface area contributed by atoms with E-state index in [1.54, 1.807) is 11.3 Å². The zero-order valence-corrected chi connectivity index (χ0v) is 14.2. The van der Waals surface area contributed by atoms with Gasteiger partial charge in [0.15, 0.2) is 0 Å².